The second kappa shape index (κ2) is 4.61. The maximum atomic E-state index is 11.3. The van der Waals surface area contributed by atoms with Gasteiger partial charge in [0.15, 0.2) is 0 Å². The van der Waals surface area contributed by atoms with Crippen LogP contribution in [0.15, 0.2) is 0 Å². The Bertz CT molecular complexity index is 182. The minimum absolute atomic E-state index is 0.175. The number of amides is 1. The number of hydrogen-bond donors (Lipinski definition) is 0. The molecule has 0 bridgehead atoms. The van der Waals surface area contributed by atoms with Gasteiger partial charge < -0.3 is 9.64 Å². The van der Waals surface area contributed by atoms with E-state index in [1.54, 1.807) is 6.92 Å². The topological polar surface area (TPSA) is 29.5 Å². The van der Waals surface area contributed by atoms with Crippen LogP contribution in [-0.2, 0) is 9.53 Å². The third kappa shape index (κ3) is 2.44. The number of rotatable bonds is 2. The van der Waals surface area contributed by atoms with Gasteiger partial charge in [-0.3, -0.25) is 4.79 Å². The maximum absolute atomic E-state index is 11.3. The Balaban J connectivity index is 2.57. The van der Waals surface area contributed by atoms with Crippen molar-refractivity contribution in [1.29, 1.82) is 0 Å². The lowest BCUT2D eigenvalue weighted by Crippen LogP contribution is -2.51. The molecule has 1 saturated heterocycles. The van der Waals surface area contributed by atoms with E-state index in [0.29, 0.717) is 12.6 Å². The summed E-state index contributed by atoms with van der Waals surface area (Å²) in [5.74, 6) is 0.175. The predicted octanol–water partition coefficient (Wildman–Crippen LogP) is 1.42. The molecule has 0 aliphatic carbocycles. The molecule has 1 aliphatic rings. The molecule has 1 aliphatic heterocycles. The van der Waals surface area contributed by atoms with E-state index < -0.39 is 0 Å². The van der Waals surface area contributed by atoms with Crippen LogP contribution in [0, 0.1) is 0 Å². The molecule has 76 valence electrons. The highest BCUT2D eigenvalue weighted by molar-refractivity contribution is 5.73. The Morgan fingerprint density at radius 2 is 2.15 bits per heavy atom. The first kappa shape index (κ1) is 10.5. The Kier molecular flexibility index (Phi) is 3.72. The molecule has 1 rings (SSSR count). The van der Waals surface area contributed by atoms with Crippen LogP contribution in [0.4, 0.5) is 0 Å². The summed E-state index contributed by atoms with van der Waals surface area (Å²) in [7, 11) is 0. The Hall–Kier alpha value is -0.570. The third-order valence-electron chi connectivity index (χ3n) is 2.70. The van der Waals surface area contributed by atoms with E-state index in [2.05, 4.69) is 13.8 Å². The summed E-state index contributed by atoms with van der Waals surface area (Å²) in [6.07, 6.45) is 2.21. The molecule has 3 nitrogen and oxygen atoms in total. The first-order valence-electron chi connectivity index (χ1n) is 5.07. The number of morpholine rings is 1. The van der Waals surface area contributed by atoms with E-state index in [1.165, 1.54) is 0 Å². The molecule has 2 unspecified atom stereocenters. The molecule has 1 fully saturated rings. The predicted molar refractivity (Wildman–Crippen MR) is 51.5 cm³/mol. The van der Waals surface area contributed by atoms with Crippen LogP contribution < -0.4 is 0 Å². The molecular formula is C10H19NO2. The van der Waals surface area contributed by atoms with Crippen LogP contribution in [0.1, 0.15) is 33.6 Å². The summed E-state index contributed by atoms with van der Waals surface area (Å²) in [6, 6.07) is 0.292. The second-order valence-electron chi connectivity index (χ2n) is 3.60. The summed E-state index contributed by atoms with van der Waals surface area (Å²) in [5.41, 5.74) is 0. The molecule has 0 saturated carbocycles. The van der Waals surface area contributed by atoms with Crippen LogP contribution >= 0.6 is 0 Å². The number of hydrogen-bond acceptors (Lipinski definition) is 2. The minimum Gasteiger partial charge on any atom is -0.374 e. The van der Waals surface area contributed by atoms with E-state index in [4.69, 9.17) is 4.74 Å². The zero-order chi connectivity index (χ0) is 9.84. The number of carbonyl (C=O) groups excluding carboxylic acids is 1. The van der Waals surface area contributed by atoms with E-state index >= 15 is 0 Å². The maximum Gasteiger partial charge on any atom is 0.219 e. The molecular weight excluding hydrogens is 166 g/mol. The second-order valence-corrected chi connectivity index (χ2v) is 3.60. The average Bonchev–Trinajstić information content (AvgIpc) is 2.16. The monoisotopic (exact) mass is 185 g/mol. The molecule has 0 aromatic carbocycles. The van der Waals surface area contributed by atoms with Crippen LogP contribution in [0.25, 0.3) is 0 Å². The van der Waals surface area contributed by atoms with Gasteiger partial charge >= 0.3 is 0 Å². The van der Waals surface area contributed by atoms with Gasteiger partial charge in [-0.1, -0.05) is 13.8 Å². The number of nitrogens with zero attached hydrogens (tertiary/aromatic N) is 1. The van der Waals surface area contributed by atoms with Crippen LogP contribution in [0.2, 0.25) is 0 Å². The zero-order valence-electron chi connectivity index (χ0n) is 8.75. The SMILES string of the molecule is CCC1CN(C(C)=O)C(CC)CO1. The van der Waals surface area contributed by atoms with Gasteiger partial charge in [-0.25, -0.2) is 0 Å². The van der Waals surface area contributed by atoms with Crippen molar-refractivity contribution in [2.75, 3.05) is 13.2 Å². The minimum atomic E-state index is 0.175. The van der Waals surface area contributed by atoms with E-state index in [1.807, 2.05) is 4.90 Å². The van der Waals surface area contributed by atoms with Crippen molar-refractivity contribution in [2.45, 2.75) is 45.8 Å². The van der Waals surface area contributed by atoms with Crippen LogP contribution in [0.5, 0.6) is 0 Å². The van der Waals surface area contributed by atoms with Crippen molar-refractivity contribution < 1.29 is 9.53 Å². The van der Waals surface area contributed by atoms with Crippen LogP contribution in [-0.4, -0.2) is 36.1 Å². The molecule has 1 amide bonds. The standard InChI is InChI=1S/C10H19NO2/c1-4-9-7-13-10(5-2)6-11(9)8(3)12/h9-10H,4-7H2,1-3H3. The van der Waals surface area contributed by atoms with Gasteiger partial charge in [0.25, 0.3) is 0 Å². The Morgan fingerprint density at radius 3 is 2.62 bits per heavy atom. The van der Waals surface area contributed by atoms with Gasteiger partial charge in [-0.05, 0) is 12.8 Å². The first-order chi connectivity index (χ1) is 6.19. The van der Waals surface area contributed by atoms with E-state index in [-0.39, 0.29) is 12.0 Å². The van der Waals surface area contributed by atoms with Crippen molar-refractivity contribution in [2.24, 2.45) is 0 Å². The largest absolute Gasteiger partial charge is 0.374 e. The van der Waals surface area contributed by atoms with Gasteiger partial charge in [0.1, 0.15) is 0 Å². The lowest BCUT2D eigenvalue weighted by molar-refractivity contribution is -0.143. The van der Waals surface area contributed by atoms with Crippen molar-refractivity contribution in [1.82, 2.24) is 4.90 Å². The first-order valence-corrected chi connectivity index (χ1v) is 5.07. The van der Waals surface area contributed by atoms with Gasteiger partial charge in [-0.2, -0.15) is 0 Å². The fourth-order valence-corrected chi connectivity index (χ4v) is 1.73. The van der Waals surface area contributed by atoms with Gasteiger partial charge in [0.2, 0.25) is 5.91 Å². The van der Waals surface area contributed by atoms with Gasteiger partial charge in [0.05, 0.1) is 18.8 Å². The van der Waals surface area contributed by atoms with Crippen LogP contribution in [0.3, 0.4) is 0 Å². The lowest BCUT2D eigenvalue weighted by atomic mass is 10.1. The molecule has 1 heterocycles. The number of ether oxygens (including phenoxy) is 1. The van der Waals surface area contributed by atoms with Crippen molar-refractivity contribution in [3.8, 4) is 0 Å². The highest BCUT2D eigenvalue weighted by Crippen LogP contribution is 2.16. The molecule has 3 heteroatoms. The van der Waals surface area contributed by atoms with Gasteiger partial charge in [0, 0.05) is 13.5 Å². The Labute approximate surface area is 80.1 Å². The highest BCUT2D eigenvalue weighted by Gasteiger charge is 2.28. The van der Waals surface area contributed by atoms with Gasteiger partial charge in [-0.15, -0.1) is 0 Å². The molecule has 0 spiro atoms. The normalized spacial score (nSPS) is 29.0. The summed E-state index contributed by atoms with van der Waals surface area (Å²) in [5, 5.41) is 0. The molecule has 0 N–H and O–H groups in total. The van der Waals surface area contributed by atoms with Crippen molar-refractivity contribution in [3.05, 3.63) is 0 Å². The third-order valence-corrected chi connectivity index (χ3v) is 2.70. The summed E-state index contributed by atoms with van der Waals surface area (Å²) in [4.78, 5) is 13.2. The molecule has 13 heavy (non-hydrogen) atoms. The summed E-state index contributed by atoms with van der Waals surface area (Å²) in [6.45, 7) is 7.30. The van der Waals surface area contributed by atoms with E-state index in [0.717, 1.165) is 19.4 Å². The van der Waals surface area contributed by atoms with Crippen molar-refractivity contribution >= 4 is 5.91 Å². The fraction of sp³-hybridized carbons (Fsp3) is 0.900. The Morgan fingerprint density at radius 1 is 1.46 bits per heavy atom. The molecule has 0 radical (unpaired) electrons. The molecule has 0 aromatic rings. The highest BCUT2D eigenvalue weighted by atomic mass is 16.5. The quantitative estimate of drug-likeness (QED) is 0.651. The number of carbonyl (C=O) groups is 1. The molecule has 0 aromatic heterocycles. The fourth-order valence-electron chi connectivity index (χ4n) is 1.73. The lowest BCUT2D eigenvalue weighted by Gasteiger charge is -2.38. The van der Waals surface area contributed by atoms with E-state index in [9.17, 15) is 4.79 Å². The zero-order valence-corrected chi connectivity index (χ0v) is 8.75. The summed E-state index contributed by atoms with van der Waals surface area (Å²) >= 11 is 0. The average molecular weight is 185 g/mol. The smallest absolute Gasteiger partial charge is 0.219 e. The van der Waals surface area contributed by atoms with Crippen molar-refractivity contribution in [3.63, 3.8) is 0 Å². The summed E-state index contributed by atoms with van der Waals surface area (Å²) < 4.78 is 5.62. The molecule has 2 atom stereocenters.